The fourth-order valence-corrected chi connectivity index (χ4v) is 3.71. The van der Waals surface area contributed by atoms with Crippen molar-refractivity contribution in [1.29, 1.82) is 0 Å². The molecule has 0 N–H and O–H groups in total. The van der Waals surface area contributed by atoms with E-state index in [9.17, 15) is 16.8 Å². The largest absolute Gasteiger partial charge is 0.284 e. The third-order valence-corrected chi connectivity index (χ3v) is 4.83. The molecule has 0 unspecified atom stereocenters. The Morgan fingerprint density at radius 1 is 1.23 bits per heavy atom. The molecule has 1 aliphatic rings. The Kier molecular flexibility index (Phi) is 2.95. The molecule has 8 heteroatoms. The summed E-state index contributed by atoms with van der Waals surface area (Å²) in [6.45, 7) is 1.44. The molecule has 0 radical (unpaired) electrons. The van der Waals surface area contributed by atoms with Gasteiger partial charge in [-0.2, -0.15) is 16.8 Å². The summed E-state index contributed by atoms with van der Waals surface area (Å²) in [6.07, 6.45) is -0.323. The Balaban J connectivity index is 2.95. The Morgan fingerprint density at radius 2 is 1.85 bits per heavy atom. The third kappa shape index (κ3) is 3.22. The molecular formula is C5H10O6S2. The molecule has 1 aliphatic heterocycles. The molecule has 0 amide bonds. The molecule has 0 bridgehead atoms. The van der Waals surface area contributed by atoms with Crippen LogP contribution in [0.1, 0.15) is 13.3 Å². The average molecular weight is 230 g/mol. The van der Waals surface area contributed by atoms with Crippen molar-refractivity contribution in [1.82, 2.24) is 0 Å². The maximum Gasteiger partial charge on any atom is 0.284 e. The first kappa shape index (κ1) is 10.9. The van der Waals surface area contributed by atoms with Crippen LogP contribution in [0, 0.1) is 0 Å². The van der Waals surface area contributed by atoms with Crippen molar-refractivity contribution in [2.45, 2.75) is 19.4 Å². The van der Waals surface area contributed by atoms with Crippen LogP contribution in [0.2, 0.25) is 0 Å². The summed E-state index contributed by atoms with van der Waals surface area (Å²) in [5.74, 6) is 0. The molecule has 6 nitrogen and oxygen atoms in total. The van der Waals surface area contributed by atoms with Crippen molar-refractivity contribution in [3.63, 3.8) is 0 Å². The van der Waals surface area contributed by atoms with Gasteiger partial charge in [-0.1, -0.05) is 6.92 Å². The quantitative estimate of drug-likeness (QED) is 0.560. The Bertz CT molecular complexity index is 366. The van der Waals surface area contributed by atoms with E-state index in [0.717, 1.165) is 0 Å². The zero-order chi connectivity index (χ0) is 10.1. The highest BCUT2D eigenvalue weighted by molar-refractivity contribution is 8.03. The van der Waals surface area contributed by atoms with Gasteiger partial charge in [-0.15, -0.1) is 0 Å². The van der Waals surface area contributed by atoms with Crippen LogP contribution in [0.5, 0.6) is 0 Å². The maximum atomic E-state index is 11.0. The zero-order valence-corrected chi connectivity index (χ0v) is 8.60. The fourth-order valence-electron chi connectivity index (χ4n) is 0.839. The summed E-state index contributed by atoms with van der Waals surface area (Å²) >= 11 is 0. The smallest absolute Gasteiger partial charge is 0.266 e. The highest BCUT2D eigenvalue weighted by atomic mass is 32.3. The third-order valence-electron chi connectivity index (χ3n) is 1.46. The van der Waals surface area contributed by atoms with Gasteiger partial charge in [0.05, 0.1) is 6.61 Å². The second-order valence-corrected chi connectivity index (χ2v) is 6.25. The van der Waals surface area contributed by atoms with Gasteiger partial charge in [-0.05, 0) is 6.42 Å². The average Bonchev–Trinajstić information content (AvgIpc) is 2.04. The molecule has 0 aromatic heterocycles. The van der Waals surface area contributed by atoms with Crippen molar-refractivity contribution < 1.29 is 25.2 Å². The molecule has 0 aliphatic carbocycles. The number of rotatable bonds is 1. The van der Waals surface area contributed by atoms with Gasteiger partial charge in [0.1, 0.15) is 6.10 Å². The predicted octanol–water partition coefficient (Wildman–Crippen LogP) is -0.571. The van der Waals surface area contributed by atoms with E-state index < -0.39 is 31.4 Å². The summed E-state index contributed by atoms with van der Waals surface area (Å²) in [7, 11) is -7.98. The van der Waals surface area contributed by atoms with Gasteiger partial charge in [0.2, 0.25) is 5.08 Å². The van der Waals surface area contributed by atoms with E-state index in [2.05, 4.69) is 8.37 Å². The molecule has 1 atom stereocenters. The minimum atomic E-state index is -4.00. The van der Waals surface area contributed by atoms with Crippen molar-refractivity contribution in [3.05, 3.63) is 0 Å². The molecule has 0 spiro atoms. The molecule has 1 rings (SSSR count). The lowest BCUT2D eigenvalue weighted by atomic mass is 10.3. The Hall–Kier alpha value is -0.180. The topological polar surface area (TPSA) is 86.7 Å². The minimum Gasteiger partial charge on any atom is -0.266 e. The maximum absolute atomic E-state index is 11.0. The van der Waals surface area contributed by atoms with Gasteiger partial charge in [0.15, 0.2) is 0 Å². The van der Waals surface area contributed by atoms with Crippen LogP contribution < -0.4 is 0 Å². The van der Waals surface area contributed by atoms with Gasteiger partial charge >= 0.3 is 0 Å². The van der Waals surface area contributed by atoms with Crippen LogP contribution >= 0.6 is 0 Å². The van der Waals surface area contributed by atoms with E-state index >= 15 is 0 Å². The molecule has 1 heterocycles. The lowest BCUT2D eigenvalue weighted by Gasteiger charge is -2.08. The van der Waals surface area contributed by atoms with Crippen LogP contribution in [-0.4, -0.2) is 34.6 Å². The van der Waals surface area contributed by atoms with Crippen LogP contribution in [0.15, 0.2) is 0 Å². The van der Waals surface area contributed by atoms with Crippen molar-refractivity contribution >= 4 is 20.2 Å². The second-order valence-electron chi connectivity index (χ2n) is 2.64. The first-order chi connectivity index (χ1) is 5.85. The lowest BCUT2D eigenvalue weighted by Crippen LogP contribution is -2.19. The van der Waals surface area contributed by atoms with Crippen LogP contribution in [-0.2, 0) is 28.6 Å². The summed E-state index contributed by atoms with van der Waals surface area (Å²) in [6, 6.07) is 0. The van der Waals surface area contributed by atoms with Crippen molar-refractivity contribution in [3.8, 4) is 0 Å². The summed E-state index contributed by atoms with van der Waals surface area (Å²) in [5.41, 5.74) is 0. The van der Waals surface area contributed by atoms with Gasteiger partial charge in [-0.3, -0.25) is 8.37 Å². The molecule has 1 fully saturated rings. The summed E-state index contributed by atoms with van der Waals surface area (Å²) in [4.78, 5) is 0. The highest BCUT2D eigenvalue weighted by Crippen LogP contribution is 2.14. The number of hydrogen-bond donors (Lipinski definition) is 0. The normalized spacial score (nSPS) is 32.2. The molecule has 0 aromatic carbocycles. The predicted molar refractivity (Wildman–Crippen MR) is 43.8 cm³/mol. The van der Waals surface area contributed by atoms with Gasteiger partial charge in [0.25, 0.3) is 20.2 Å². The molecule has 13 heavy (non-hydrogen) atoms. The Morgan fingerprint density at radius 3 is 2.38 bits per heavy atom. The van der Waals surface area contributed by atoms with Crippen LogP contribution in [0.3, 0.4) is 0 Å². The van der Waals surface area contributed by atoms with Crippen LogP contribution in [0.25, 0.3) is 0 Å². The van der Waals surface area contributed by atoms with E-state index in [1.165, 1.54) is 0 Å². The van der Waals surface area contributed by atoms with E-state index in [1.807, 2.05) is 0 Å². The molecule has 78 valence electrons. The van der Waals surface area contributed by atoms with E-state index in [-0.39, 0.29) is 6.61 Å². The SMILES string of the molecule is CC[C@@H]1COS(=O)(=O)CS(=O)(=O)O1. The number of hydrogen-bond acceptors (Lipinski definition) is 6. The van der Waals surface area contributed by atoms with E-state index in [0.29, 0.717) is 6.42 Å². The van der Waals surface area contributed by atoms with Gasteiger partial charge < -0.3 is 0 Å². The lowest BCUT2D eigenvalue weighted by molar-refractivity contribution is 0.143. The van der Waals surface area contributed by atoms with Crippen molar-refractivity contribution in [2.75, 3.05) is 11.7 Å². The fraction of sp³-hybridized carbons (Fsp3) is 1.00. The molecule has 1 saturated heterocycles. The van der Waals surface area contributed by atoms with Crippen LogP contribution in [0.4, 0.5) is 0 Å². The van der Waals surface area contributed by atoms with E-state index in [1.54, 1.807) is 6.92 Å². The van der Waals surface area contributed by atoms with Gasteiger partial charge in [-0.25, -0.2) is 0 Å². The molecule has 0 saturated carbocycles. The second kappa shape index (κ2) is 3.52. The first-order valence-electron chi connectivity index (χ1n) is 3.63. The summed E-state index contributed by atoms with van der Waals surface area (Å²) in [5, 5.41) is -1.10. The van der Waals surface area contributed by atoms with Crippen molar-refractivity contribution in [2.24, 2.45) is 0 Å². The van der Waals surface area contributed by atoms with E-state index in [4.69, 9.17) is 0 Å². The minimum absolute atomic E-state index is 0.238. The monoisotopic (exact) mass is 230 g/mol. The highest BCUT2D eigenvalue weighted by Gasteiger charge is 2.31. The summed E-state index contributed by atoms with van der Waals surface area (Å²) < 4.78 is 52.6. The Labute approximate surface area is 77.1 Å². The first-order valence-corrected chi connectivity index (χ1v) is 6.78. The molecular weight excluding hydrogens is 220 g/mol. The molecule has 0 aromatic rings. The zero-order valence-electron chi connectivity index (χ0n) is 6.96. The van der Waals surface area contributed by atoms with Gasteiger partial charge in [0, 0.05) is 0 Å². The standard InChI is InChI=1S/C5H10O6S2/c1-2-5-3-10-12(6,7)4-13(8,9)11-5/h5H,2-4H2,1H3/t5-/m1/s1.